The molecule has 0 aromatic rings. The first kappa shape index (κ1) is 12.4. The molecule has 1 heterocycles. The maximum absolute atomic E-state index is 9.96. The predicted molar refractivity (Wildman–Crippen MR) is 67.5 cm³/mol. The van der Waals surface area contributed by atoms with Crippen molar-refractivity contribution in [1.29, 1.82) is 0 Å². The summed E-state index contributed by atoms with van der Waals surface area (Å²) < 4.78 is 0. The smallest absolute Gasteiger partial charge is 0.0695 e. The van der Waals surface area contributed by atoms with Crippen molar-refractivity contribution in [3.8, 4) is 0 Å². The van der Waals surface area contributed by atoms with Crippen LogP contribution in [0.25, 0.3) is 0 Å². The number of hydrogen-bond donors (Lipinski definition) is 1. The monoisotopic (exact) mass is 225 g/mol. The van der Waals surface area contributed by atoms with Crippen LogP contribution in [0.5, 0.6) is 0 Å². The lowest BCUT2D eigenvalue weighted by molar-refractivity contribution is 0.0720. The minimum atomic E-state index is -0.0391. The lowest BCUT2D eigenvalue weighted by atomic mass is 9.96. The zero-order valence-corrected chi connectivity index (χ0v) is 10.7. The Kier molecular flexibility index (Phi) is 4.66. The molecule has 94 valence electrons. The molecule has 16 heavy (non-hydrogen) atoms. The average Bonchev–Trinajstić information content (AvgIpc) is 2.57. The van der Waals surface area contributed by atoms with Crippen molar-refractivity contribution in [2.45, 2.75) is 70.4 Å². The Morgan fingerprint density at radius 3 is 2.62 bits per heavy atom. The van der Waals surface area contributed by atoms with E-state index < -0.39 is 0 Å². The molecule has 0 aromatic heterocycles. The Bertz CT molecular complexity index is 207. The molecular weight excluding hydrogens is 198 g/mol. The maximum Gasteiger partial charge on any atom is 0.0695 e. The highest BCUT2D eigenvalue weighted by Crippen LogP contribution is 2.28. The van der Waals surface area contributed by atoms with Crippen molar-refractivity contribution in [1.82, 2.24) is 4.90 Å². The van der Waals surface area contributed by atoms with Gasteiger partial charge in [0.1, 0.15) is 0 Å². The highest BCUT2D eigenvalue weighted by atomic mass is 16.3. The summed E-state index contributed by atoms with van der Waals surface area (Å²) in [6, 6.07) is 0.486. The molecule has 2 fully saturated rings. The van der Waals surface area contributed by atoms with Crippen molar-refractivity contribution in [2.75, 3.05) is 13.1 Å². The van der Waals surface area contributed by atoms with Gasteiger partial charge >= 0.3 is 0 Å². The van der Waals surface area contributed by atoms with Gasteiger partial charge in [-0.2, -0.15) is 0 Å². The lowest BCUT2D eigenvalue weighted by Crippen LogP contribution is -2.41. The SMILES string of the molecule is CCCC1CCCN([C@@H]2CCC[C@H]2O)CC1. The van der Waals surface area contributed by atoms with Crippen LogP contribution in [0.15, 0.2) is 0 Å². The second-order valence-electron chi connectivity index (χ2n) is 5.69. The number of likely N-dealkylation sites (tertiary alicyclic amines) is 1. The summed E-state index contributed by atoms with van der Waals surface area (Å²) in [5.74, 6) is 0.952. The topological polar surface area (TPSA) is 23.5 Å². The van der Waals surface area contributed by atoms with Crippen LogP contribution in [0.1, 0.15) is 58.3 Å². The Balaban J connectivity index is 1.83. The zero-order chi connectivity index (χ0) is 11.4. The van der Waals surface area contributed by atoms with E-state index in [1.807, 2.05) is 0 Å². The molecule has 1 aliphatic heterocycles. The molecule has 0 bridgehead atoms. The first-order chi connectivity index (χ1) is 7.81. The third-order valence-electron chi connectivity index (χ3n) is 4.49. The number of aliphatic hydroxyl groups excluding tert-OH is 1. The van der Waals surface area contributed by atoms with Gasteiger partial charge in [0.2, 0.25) is 0 Å². The van der Waals surface area contributed by atoms with Gasteiger partial charge < -0.3 is 5.11 Å². The second-order valence-corrected chi connectivity index (χ2v) is 5.69. The molecule has 1 saturated heterocycles. The number of hydrogen-bond acceptors (Lipinski definition) is 2. The third kappa shape index (κ3) is 2.98. The van der Waals surface area contributed by atoms with E-state index in [4.69, 9.17) is 0 Å². The van der Waals surface area contributed by atoms with E-state index in [0.29, 0.717) is 6.04 Å². The summed E-state index contributed by atoms with van der Waals surface area (Å²) in [5, 5.41) is 9.96. The molecule has 2 nitrogen and oxygen atoms in total. The molecule has 2 aliphatic rings. The normalized spacial score (nSPS) is 37.5. The standard InChI is InChI=1S/C14H27NO/c1-2-5-12-6-4-10-15(11-9-12)13-7-3-8-14(13)16/h12-14,16H,2-11H2,1H3/t12?,13-,14-/m1/s1. The fourth-order valence-electron chi connectivity index (χ4n) is 3.56. The molecular formula is C14H27NO. The maximum atomic E-state index is 9.96. The molecule has 0 spiro atoms. The molecule has 3 atom stereocenters. The molecule has 1 aliphatic carbocycles. The van der Waals surface area contributed by atoms with Gasteiger partial charge in [-0.05, 0) is 57.5 Å². The number of nitrogens with zero attached hydrogens (tertiary/aromatic N) is 1. The van der Waals surface area contributed by atoms with Crippen LogP contribution in [0, 0.1) is 5.92 Å². The van der Waals surface area contributed by atoms with Crippen LogP contribution in [-0.2, 0) is 0 Å². The van der Waals surface area contributed by atoms with E-state index in [-0.39, 0.29) is 6.10 Å². The Hall–Kier alpha value is -0.0800. The van der Waals surface area contributed by atoms with E-state index in [2.05, 4.69) is 11.8 Å². The third-order valence-corrected chi connectivity index (χ3v) is 4.49. The predicted octanol–water partition coefficient (Wildman–Crippen LogP) is 2.80. The molecule has 0 radical (unpaired) electrons. The van der Waals surface area contributed by atoms with E-state index in [1.54, 1.807) is 0 Å². The van der Waals surface area contributed by atoms with Gasteiger partial charge in [0, 0.05) is 6.04 Å². The minimum absolute atomic E-state index is 0.0391. The van der Waals surface area contributed by atoms with Crippen molar-refractivity contribution < 1.29 is 5.11 Å². The average molecular weight is 225 g/mol. The van der Waals surface area contributed by atoms with E-state index in [9.17, 15) is 5.11 Å². The summed E-state index contributed by atoms with van der Waals surface area (Å²) in [5.41, 5.74) is 0. The van der Waals surface area contributed by atoms with Gasteiger partial charge in [-0.15, -0.1) is 0 Å². The fraction of sp³-hybridized carbons (Fsp3) is 1.00. The zero-order valence-electron chi connectivity index (χ0n) is 10.7. The summed E-state index contributed by atoms with van der Waals surface area (Å²) in [4.78, 5) is 2.58. The van der Waals surface area contributed by atoms with Gasteiger partial charge in [0.15, 0.2) is 0 Å². The van der Waals surface area contributed by atoms with Gasteiger partial charge in [-0.25, -0.2) is 0 Å². The highest BCUT2D eigenvalue weighted by Gasteiger charge is 2.31. The second kappa shape index (κ2) is 6.02. The molecule has 0 aromatic carbocycles. The number of aliphatic hydroxyl groups is 1. The first-order valence-corrected chi connectivity index (χ1v) is 7.23. The quantitative estimate of drug-likeness (QED) is 0.798. The molecule has 2 heteroatoms. The van der Waals surface area contributed by atoms with Crippen LogP contribution in [-0.4, -0.2) is 35.2 Å². The fourth-order valence-corrected chi connectivity index (χ4v) is 3.56. The summed E-state index contributed by atoms with van der Waals surface area (Å²) in [7, 11) is 0. The van der Waals surface area contributed by atoms with Crippen molar-refractivity contribution in [2.24, 2.45) is 5.92 Å². The van der Waals surface area contributed by atoms with E-state index in [0.717, 1.165) is 12.3 Å². The van der Waals surface area contributed by atoms with Crippen LogP contribution in [0.3, 0.4) is 0 Å². The van der Waals surface area contributed by atoms with E-state index >= 15 is 0 Å². The van der Waals surface area contributed by atoms with Crippen LogP contribution >= 0.6 is 0 Å². The number of rotatable bonds is 3. The summed E-state index contributed by atoms with van der Waals surface area (Å²) in [6.07, 6.45) is 10.3. The van der Waals surface area contributed by atoms with Gasteiger partial charge in [-0.3, -0.25) is 4.90 Å². The van der Waals surface area contributed by atoms with Gasteiger partial charge in [0.25, 0.3) is 0 Å². The summed E-state index contributed by atoms with van der Waals surface area (Å²) in [6.45, 7) is 4.75. The molecule has 1 N–H and O–H groups in total. The Morgan fingerprint density at radius 1 is 1.06 bits per heavy atom. The summed E-state index contributed by atoms with van der Waals surface area (Å²) >= 11 is 0. The Labute approximate surface area is 100 Å². The molecule has 0 amide bonds. The largest absolute Gasteiger partial charge is 0.391 e. The molecule has 1 saturated carbocycles. The van der Waals surface area contributed by atoms with E-state index in [1.165, 1.54) is 58.0 Å². The highest BCUT2D eigenvalue weighted by molar-refractivity contribution is 4.86. The van der Waals surface area contributed by atoms with Crippen molar-refractivity contribution in [3.63, 3.8) is 0 Å². The molecule has 1 unspecified atom stereocenters. The first-order valence-electron chi connectivity index (χ1n) is 7.23. The van der Waals surface area contributed by atoms with Crippen molar-refractivity contribution >= 4 is 0 Å². The van der Waals surface area contributed by atoms with Gasteiger partial charge in [0.05, 0.1) is 6.10 Å². The van der Waals surface area contributed by atoms with Crippen LogP contribution in [0.2, 0.25) is 0 Å². The van der Waals surface area contributed by atoms with Crippen LogP contribution in [0.4, 0.5) is 0 Å². The van der Waals surface area contributed by atoms with Crippen molar-refractivity contribution in [3.05, 3.63) is 0 Å². The lowest BCUT2D eigenvalue weighted by Gasteiger charge is -2.29. The minimum Gasteiger partial charge on any atom is -0.391 e. The van der Waals surface area contributed by atoms with Gasteiger partial charge in [-0.1, -0.05) is 19.8 Å². The molecule has 2 rings (SSSR count). The van der Waals surface area contributed by atoms with Crippen LogP contribution < -0.4 is 0 Å². The Morgan fingerprint density at radius 2 is 1.94 bits per heavy atom.